The van der Waals surface area contributed by atoms with Crippen molar-refractivity contribution in [1.29, 1.82) is 5.26 Å². The highest BCUT2D eigenvalue weighted by molar-refractivity contribution is 8.00. The summed E-state index contributed by atoms with van der Waals surface area (Å²) >= 11 is 1.34. The summed E-state index contributed by atoms with van der Waals surface area (Å²) in [6, 6.07) is 26.7. The van der Waals surface area contributed by atoms with Gasteiger partial charge in [-0.2, -0.15) is 5.26 Å². The number of carbonyl (C=O) groups is 2. The predicted molar refractivity (Wildman–Crippen MR) is 135 cm³/mol. The minimum atomic E-state index is -0.183. The van der Waals surface area contributed by atoms with Gasteiger partial charge in [0.2, 0.25) is 5.91 Å². The number of anilines is 1. The number of thioether (sulfide) groups is 1. The van der Waals surface area contributed by atoms with Gasteiger partial charge < -0.3 is 10.2 Å². The topological polar surface area (TPSA) is 76.4 Å². The minimum absolute atomic E-state index is 0.00425. The Morgan fingerprint density at radius 1 is 0.912 bits per heavy atom. The van der Waals surface area contributed by atoms with E-state index in [9.17, 15) is 9.59 Å². The largest absolute Gasteiger partial charge is 0.336 e. The third kappa shape index (κ3) is 6.25. The molecule has 1 heterocycles. The fourth-order valence-corrected chi connectivity index (χ4v) is 4.74. The maximum absolute atomic E-state index is 13.3. The van der Waals surface area contributed by atoms with E-state index in [0.717, 1.165) is 24.5 Å². The standard InChI is InChI=1S/C27H26N4O2S/c28-18-22-9-6-10-23(17-22)29-26(32)20-34-25-12-5-4-11-24(25)27(33)31-15-13-30(14-16-31)19-21-7-2-1-3-8-21/h1-12,17H,13-16,19-20H2,(H,29,32). The summed E-state index contributed by atoms with van der Waals surface area (Å²) in [6.07, 6.45) is 0. The number of nitrogens with one attached hydrogen (secondary N) is 1. The molecule has 3 aromatic rings. The van der Waals surface area contributed by atoms with E-state index in [0.29, 0.717) is 29.9 Å². The van der Waals surface area contributed by atoms with Crippen molar-refractivity contribution in [2.75, 3.05) is 37.2 Å². The average Bonchev–Trinajstić information content (AvgIpc) is 2.88. The van der Waals surface area contributed by atoms with Gasteiger partial charge in [0.05, 0.1) is 22.9 Å². The van der Waals surface area contributed by atoms with Gasteiger partial charge in [0, 0.05) is 43.3 Å². The van der Waals surface area contributed by atoms with E-state index in [1.165, 1.54) is 17.3 Å². The molecule has 0 saturated carbocycles. The molecule has 1 N–H and O–H groups in total. The summed E-state index contributed by atoms with van der Waals surface area (Å²) in [6.45, 7) is 3.92. The molecule has 172 valence electrons. The second kappa shape index (κ2) is 11.5. The SMILES string of the molecule is N#Cc1cccc(NC(=O)CSc2ccccc2C(=O)N2CCN(Cc3ccccc3)CC2)c1. The van der Waals surface area contributed by atoms with E-state index < -0.39 is 0 Å². The van der Waals surface area contributed by atoms with Crippen molar-refractivity contribution in [3.8, 4) is 6.07 Å². The molecule has 7 heteroatoms. The lowest BCUT2D eigenvalue weighted by molar-refractivity contribution is -0.113. The van der Waals surface area contributed by atoms with Crippen molar-refractivity contribution in [2.24, 2.45) is 0 Å². The van der Waals surface area contributed by atoms with Gasteiger partial charge in [-0.3, -0.25) is 14.5 Å². The molecule has 0 spiro atoms. The Labute approximate surface area is 204 Å². The fraction of sp³-hybridized carbons (Fsp3) is 0.222. The molecule has 0 atom stereocenters. The number of nitriles is 1. The quantitative estimate of drug-likeness (QED) is 0.523. The molecule has 1 aliphatic rings. The summed E-state index contributed by atoms with van der Waals surface area (Å²) < 4.78 is 0. The molecule has 1 fully saturated rings. The summed E-state index contributed by atoms with van der Waals surface area (Å²) in [5.41, 5.74) is 2.98. The number of amides is 2. The van der Waals surface area contributed by atoms with Crippen LogP contribution in [0.3, 0.4) is 0 Å². The Morgan fingerprint density at radius 3 is 2.41 bits per heavy atom. The highest BCUT2D eigenvalue weighted by Crippen LogP contribution is 2.25. The Kier molecular flexibility index (Phi) is 7.97. The smallest absolute Gasteiger partial charge is 0.255 e. The molecule has 6 nitrogen and oxygen atoms in total. The van der Waals surface area contributed by atoms with Gasteiger partial charge in [0.1, 0.15) is 0 Å². The van der Waals surface area contributed by atoms with Crippen LogP contribution in [0, 0.1) is 11.3 Å². The fourth-order valence-electron chi connectivity index (χ4n) is 3.90. The molecule has 1 aliphatic heterocycles. The van der Waals surface area contributed by atoms with Gasteiger partial charge in [-0.15, -0.1) is 11.8 Å². The number of benzene rings is 3. The van der Waals surface area contributed by atoms with E-state index >= 15 is 0 Å². The Hall–Kier alpha value is -3.60. The van der Waals surface area contributed by atoms with Gasteiger partial charge in [-0.05, 0) is 35.9 Å². The van der Waals surface area contributed by atoms with Crippen LogP contribution >= 0.6 is 11.8 Å². The van der Waals surface area contributed by atoms with E-state index in [4.69, 9.17) is 5.26 Å². The highest BCUT2D eigenvalue weighted by Gasteiger charge is 2.24. The van der Waals surface area contributed by atoms with E-state index in [1.54, 1.807) is 24.3 Å². The summed E-state index contributed by atoms with van der Waals surface area (Å²) in [4.78, 5) is 30.7. The van der Waals surface area contributed by atoms with Gasteiger partial charge in [-0.1, -0.05) is 48.5 Å². The molecule has 2 amide bonds. The number of nitrogens with zero attached hydrogens (tertiary/aromatic N) is 3. The first-order valence-corrected chi connectivity index (χ1v) is 12.2. The van der Waals surface area contributed by atoms with Crippen LogP contribution in [0.2, 0.25) is 0 Å². The van der Waals surface area contributed by atoms with Crippen LogP contribution in [0.1, 0.15) is 21.5 Å². The summed E-state index contributed by atoms with van der Waals surface area (Å²) in [5.74, 6) is -0.00666. The van der Waals surface area contributed by atoms with Gasteiger partial charge in [0.15, 0.2) is 0 Å². The molecule has 4 rings (SSSR count). The van der Waals surface area contributed by atoms with Crippen LogP contribution in [0.15, 0.2) is 83.8 Å². The Morgan fingerprint density at radius 2 is 1.65 bits per heavy atom. The molecule has 1 saturated heterocycles. The third-order valence-electron chi connectivity index (χ3n) is 5.66. The molecule has 0 radical (unpaired) electrons. The zero-order valence-corrected chi connectivity index (χ0v) is 19.6. The number of hydrogen-bond donors (Lipinski definition) is 1. The number of rotatable bonds is 7. The van der Waals surface area contributed by atoms with Crippen molar-refractivity contribution in [2.45, 2.75) is 11.4 Å². The van der Waals surface area contributed by atoms with Crippen LogP contribution in [-0.2, 0) is 11.3 Å². The summed E-state index contributed by atoms with van der Waals surface area (Å²) in [7, 11) is 0. The van der Waals surface area contributed by atoms with Crippen molar-refractivity contribution < 1.29 is 9.59 Å². The van der Waals surface area contributed by atoms with Crippen LogP contribution < -0.4 is 5.32 Å². The molecule has 0 bridgehead atoms. The van der Waals surface area contributed by atoms with Crippen molar-refractivity contribution >= 4 is 29.3 Å². The van der Waals surface area contributed by atoms with Crippen LogP contribution in [0.4, 0.5) is 5.69 Å². The minimum Gasteiger partial charge on any atom is -0.336 e. The maximum atomic E-state index is 13.3. The zero-order chi connectivity index (χ0) is 23.8. The molecular weight excluding hydrogens is 444 g/mol. The lowest BCUT2D eigenvalue weighted by Crippen LogP contribution is -2.48. The van der Waals surface area contributed by atoms with Gasteiger partial charge in [0.25, 0.3) is 5.91 Å². The highest BCUT2D eigenvalue weighted by atomic mass is 32.2. The van der Waals surface area contributed by atoms with E-state index in [2.05, 4.69) is 28.4 Å². The van der Waals surface area contributed by atoms with Crippen molar-refractivity contribution in [3.05, 3.63) is 95.6 Å². The zero-order valence-electron chi connectivity index (χ0n) is 18.8. The average molecular weight is 471 g/mol. The Bertz CT molecular complexity index is 1180. The molecule has 34 heavy (non-hydrogen) atoms. The number of carbonyl (C=O) groups excluding carboxylic acids is 2. The van der Waals surface area contributed by atoms with E-state index in [-0.39, 0.29) is 17.6 Å². The first kappa shape index (κ1) is 23.6. The first-order chi connectivity index (χ1) is 16.6. The molecule has 3 aromatic carbocycles. The van der Waals surface area contributed by atoms with E-state index in [1.807, 2.05) is 47.4 Å². The molecular formula is C27H26N4O2S. The maximum Gasteiger partial charge on any atom is 0.255 e. The second-order valence-electron chi connectivity index (χ2n) is 8.08. The monoisotopic (exact) mass is 470 g/mol. The molecule has 0 aliphatic carbocycles. The lowest BCUT2D eigenvalue weighted by Gasteiger charge is -2.35. The Balaban J connectivity index is 1.32. The van der Waals surface area contributed by atoms with Gasteiger partial charge >= 0.3 is 0 Å². The van der Waals surface area contributed by atoms with Crippen LogP contribution in [0.5, 0.6) is 0 Å². The number of hydrogen-bond acceptors (Lipinski definition) is 5. The first-order valence-electron chi connectivity index (χ1n) is 11.2. The van der Waals surface area contributed by atoms with Crippen LogP contribution in [-0.4, -0.2) is 53.5 Å². The normalized spacial score (nSPS) is 13.8. The van der Waals surface area contributed by atoms with Crippen molar-refractivity contribution in [1.82, 2.24) is 9.80 Å². The summed E-state index contributed by atoms with van der Waals surface area (Å²) in [5, 5.41) is 11.8. The van der Waals surface area contributed by atoms with Crippen LogP contribution in [0.25, 0.3) is 0 Å². The number of piperazine rings is 1. The third-order valence-corrected chi connectivity index (χ3v) is 6.73. The van der Waals surface area contributed by atoms with Crippen molar-refractivity contribution in [3.63, 3.8) is 0 Å². The molecule has 0 unspecified atom stereocenters. The molecule has 0 aromatic heterocycles. The lowest BCUT2D eigenvalue weighted by atomic mass is 10.1. The van der Waals surface area contributed by atoms with Gasteiger partial charge in [-0.25, -0.2) is 0 Å². The predicted octanol–water partition coefficient (Wildman–Crippen LogP) is 4.25. The second-order valence-corrected chi connectivity index (χ2v) is 9.10.